The Morgan fingerprint density at radius 2 is 2.00 bits per heavy atom. The molecule has 0 aliphatic carbocycles. The summed E-state index contributed by atoms with van der Waals surface area (Å²) >= 11 is 0. The molecule has 0 fully saturated rings. The lowest BCUT2D eigenvalue weighted by atomic mass is 10.2. The predicted octanol–water partition coefficient (Wildman–Crippen LogP) is 1.98. The van der Waals surface area contributed by atoms with Crippen molar-refractivity contribution in [2.45, 2.75) is 6.92 Å². The van der Waals surface area contributed by atoms with Crippen LogP contribution in [0.25, 0.3) is 10.9 Å². The molecule has 0 aliphatic rings. The van der Waals surface area contributed by atoms with E-state index in [1.165, 1.54) is 6.21 Å². The van der Waals surface area contributed by atoms with Crippen molar-refractivity contribution in [2.24, 2.45) is 5.10 Å². The Balaban J connectivity index is 1.98. The number of para-hydroxylation sites is 1. The molecule has 7 nitrogen and oxygen atoms in total. The molecular formula is C20H17N3O4. The summed E-state index contributed by atoms with van der Waals surface area (Å²) < 4.78 is 11.8. The summed E-state index contributed by atoms with van der Waals surface area (Å²) in [5.74, 6) is 3.40. The smallest absolute Gasteiger partial charge is 0.349 e. The molecule has 0 aliphatic heterocycles. The summed E-state index contributed by atoms with van der Waals surface area (Å²) in [4.78, 5) is 27.3. The molecule has 0 amide bonds. The average molecular weight is 363 g/mol. The number of hydrogen-bond acceptors (Lipinski definition) is 5. The van der Waals surface area contributed by atoms with Gasteiger partial charge in [-0.3, -0.25) is 4.79 Å². The van der Waals surface area contributed by atoms with Crippen molar-refractivity contribution in [2.75, 3.05) is 13.2 Å². The quantitative estimate of drug-likeness (QED) is 0.536. The van der Waals surface area contributed by atoms with Gasteiger partial charge in [0.25, 0.3) is 5.56 Å². The van der Waals surface area contributed by atoms with E-state index in [1.807, 2.05) is 6.92 Å². The van der Waals surface area contributed by atoms with Gasteiger partial charge < -0.3 is 14.5 Å². The first kappa shape index (κ1) is 18.0. The molecule has 2 aromatic carbocycles. The molecule has 0 bridgehead atoms. The normalized spacial score (nSPS) is 10.8. The third kappa shape index (κ3) is 3.90. The number of rotatable bonds is 6. The van der Waals surface area contributed by atoms with E-state index in [1.54, 1.807) is 42.5 Å². The van der Waals surface area contributed by atoms with Gasteiger partial charge in [-0.1, -0.05) is 18.1 Å². The number of benzene rings is 2. The third-order valence-corrected chi connectivity index (χ3v) is 3.68. The van der Waals surface area contributed by atoms with Crippen LogP contribution >= 0.6 is 0 Å². The van der Waals surface area contributed by atoms with Crippen molar-refractivity contribution in [1.82, 2.24) is 9.66 Å². The lowest BCUT2D eigenvalue weighted by molar-refractivity contribution is 0.299. The monoisotopic (exact) mass is 363 g/mol. The summed E-state index contributed by atoms with van der Waals surface area (Å²) in [6.07, 6.45) is 6.61. The van der Waals surface area contributed by atoms with Gasteiger partial charge in [0.05, 0.1) is 23.7 Å². The number of ether oxygens (including phenoxy) is 2. The highest BCUT2D eigenvalue weighted by Crippen LogP contribution is 2.27. The number of nitrogens with one attached hydrogen (secondary N) is 1. The number of fused-ring (bicyclic) bond motifs is 1. The molecule has 7 heteroatoms. The van der Waals surface area contributed by atoms with Gasteiger partial charge in [0, 0.05) is 0 Å². The van der Waals surface area contributed by atoms with E-state index in [4.69, 9.17) is 15.9 Å². The van der Waals surface area contributed by atoms with Crippen LogP contribution in [0.5, 0.6) is 11.5 Å². The Hall–Kier alpha value is -3.79. The third-order valence-electron chi connectivity index (χ3n) is 3.68. The number of H-pyrrole nitrogens is 1. The van der Waals surface area contributed by atoms with Gasteiger partial charge in [-0.25, -0.2) is 4.79 Å². The highest BCUT2D eigenvalue weighted by molar-refractivity contribution is 5.81. The van der Waals surface area contributed by atoms with Crippen LogP contribution in [0.1, 0.15) is 12.5 Å². The zero-order valence-corrected chi connectivity index (χ0v) is 14.6. The van der Waals surface area contributed by atoms with Crippen molar-refractivity contribution < 1.29 is 9.47 Å². The standard InChI is InChI=1S/C20H17N3O4/c1-3-11-27-17-10-9-14(12-18(17)26-4-2)13-21-23-19(24)15-7-5-6-8-16(15)22-20(23)25/h1,5-10,12-13H,4,11H2,2H3,(H,22,25). The van der Waals surface area contributed by atoms with Gasteiger partial charge in [0.2, 0.25) is 0 Å². The van der Waals surface area contributed by atoms with Crippen LogP contribution in [0.4, 0.5) is 0 Å². The Morgan fingerprint density at radius 1 is 1.19 bits per heavy atom. The molecule has 136 valence electrons. The first-order chi connectivity index (χ1) is 13.1. The van der Waals surface area contributed by atoms with Crippen molar-refractivity contribution >= 4 is 17.1 Å². The van der Waals surface area contributed by atoms with Gasteiger partial charge in [-0.05, 0) is 42.8 Å². The van der Waals surface area contributed by atoms with Crippen LogP contribution in [0.3, 0.4) is 0 Å². The van der Waals surface area contributed by atoms with E-state index in [9.17, 15) is 9.59 Å². The molecule has 0 saturated carbocycles. The average Bonchev–Trinajstić information content (AvgIpc) is 2.67. The molecule has 1 heterocycles. The minimum Gasteiger partial charge on any atom is -0.490 e. The molecule has 3 rings (SSSR count). The van der Waals surface area contributed by atoms with Crippen LogP contribution in [-0.4, -0.2) is 29.1 Å². The lowest BCUT2D eigenvalue weighted by Crippen LogP contribution is -2.32. The molecular weight excluding hydrogens is 346 g/mol. The van der Waals surface area contributed by atoms with Gasteiger partial charge in [0.15, 0.2) is 11.5 Å². The van der Waals surface area contributed by atoms with Crippen LogP contribution in [-0.2, 0) is 0 Å². The largest absolute Gasteiger partial charge is 0.490 e. The number of nitrogens with zero attached hydrogens (tertiary/aromatic N) is 2. The Kier molecular flexibility index (Phi) is 5.38. The van der Waals surface area contributed by atoms with Crippen molar-refractivity contribution in [3.8, 4) is 23.8 Å². The van der Waals surface area contributed by atoms with Gasteiger partial charge >= 0.3 is 5.69 Å². The number of aromatic nitrogens is 2. The van der Waals surface area contributed by atoms with Crippen LogP contribution in [0.15, 0.2) is 57.2 Å². The lowest BCUT2D eigenvalue weighted by Gasteiger charge is -2.10. The molecule has 3 aromatic rings. The molecule has 0 radical (unpaired) electrons. The fourth-order valence-corrected chi connectivity index (χ4v) is 2.49. The van der Waals surface area contributed by atoms with E-state index in [2.05, 4.69) is 16.0 Å². The molecule has 27 heavy (non-hydrogen) atoms. The second kappa shape index (κ2) is 8.06. The predicted molar refractivity (Wildman–Crippen MR) is 104 cm³/mol. The maximum atomic E-state index is 12.5. The van der Waals surface area contributed by atoms with E-state index < -0.39 is 11.2 Å². The summed E-state index contributed by atoms with van der Waals surface area (Å²) in [6, 6.07) is 11.9. The molecule has 1 N–H and O–H groups in total. The Labute approximate surface area is 154 Å². The minimum absolute atomic E-state index is 0.120. The first-order valence-corrected chi connectivity index (χ1v) is 8.25. The first-order valence-electron chi connectivity index (χ1n) is 8.25. The SMILES string of the molecule is C#CCOc1ccc(C=Nn2c(=O)[nH]c3ccccc3c2=O)cc1OCC. The number of hydrogen-bond donors (Lipinski definition) is 1. The maximum absolute atomic E-state index is 12.5. The fourth-order valence-electron chi connectivity index (χ4n) is 2.49. The number of aromatic amines is 1. The second-order valence-electron chi connectivity index (χ2n) is 5.47. The summed E-state index contributed by atoms with van der Waals surface area (Å²) in [5, 5.41) is 4.40. The van der Waals surface area contributed by atoms with E-state index in [-0.39, 0.29) is 6.61 Å². The molecule has 0 saturated heterocycles. The highest BCUT2D eigenvalue weighted by Gasteiger charge is 2.07. The summed E-state index contributed by atoms with van der Waals surface area (Å²) in [6.45, 7) is 2.41. The van der Waals surface area contributed by atoms with Crippen LogP contribution in [0, 0.1) is 12.3 Å². The number of terminal acetylenes is 1. The fraction of sp³-hybridized carbons (Fsp3) is 0.150. The van der Waals surface area contributed by atoms with Gasteiger partial charge in [0.1, 0.15) is 6.61 Å². The van der Waals surface area contributed by atoms with Gasteiger partial charge in [-0.15, -0.1) is 11.1 Å². The molecule has 0 atom stereocenters. The van der Waals surface area contributed by atoms with Crippen LogP contribution < -0.4 is 20.7 Å². The van der Waals surface area contributed by atoms with E-state index in [0.717, 1.165) is 4.68 Å². The molecule has 0 spiro atoms. The Morgan fingerprint density at radius 3 is 2.78 bits per heavy atom. The molecule has 0 unspecified atom stereocenters. The summed E-state index contributed by atoms with van der Waals surface area (Å²) in [5.41, 5.74) is -0.0166. The highest BCUT2D eigenvalue weighted by atomic mass is 16.5. The molecule has 1 aromatic heterocycles. The zero-order chi connectivity index (χ0) is 19.2. The van der Waals surface area contributed by atoms with Crippen molar-refractivity contribution in [3.63, 3.8) is 0 Å². The maximum Gasteiger partial charge on any atom is 0.349 e. The van der Waals surface area contributed by atoms with Crippen molar-refractivity contribution in [1.29, 1.82) is 0 Å². The second-order valence-corrected chi connectivity index (χ2v) is 5.47. The van der Waals surface area contributed by atoms with Gasteiger partial charge in [-0.2, -0.15) is 5.10 Å². The van der Waals surface area contributed by atoms with E-state index in [0.29, 0.717) is 34.6 Å². The van der Waals surface area contributed by atoms with Crippen LogP contribution in [0.2, 0.25) is 0 Å². The minimum atomic E-state index is -0.617. The topological polar surface area (TPSA) is 85.7 Å². The Bertz CT molecular complexity index is 1150. The zero-order valence-electron chi connectivity index (χ0n) is 14.6. The summed E-state index contributed by atoms with van der Waals surface area (Å²) in [7, 11) is 0. The van der Waals surface area contributed by atoms with Crippen molar-refractivity contribution in [3.05, 3.63) is 68.9 Å². The van der Waals surface area contributed by atoms with E-state index >= 15 is 0 Å².